The van der Waals surface area contributed by atoms with Crippen molar-refractivity contribution in [2.45, 2.75) is 65.7 Å². The molecule has 0 aromatic heterocycles. The van der Waals surface area contributed by atoms with Gasteiger partial charge in [0.2, 0.25) is 0 Å². The van der Waals surface area contributed by atoms with Crippen molar-refractivity contribution in [3.8, 4) is 0 Å². The summed E-state index contributed by atoms with van der Waals surface area (Å²) in [5.41, 5.74) is 11.4. The minimum Gasteiger partial charge on any atom is -0.344 e. The van der Waals surface area contributed by atoms with Gasteiger partial charge in [0.25, 0.3) is 0 Å². The molecule has 0 radical (unpaired) electrons. The molecule has 3 aliphatic rings. The van der Waals surface area contributed by atoms with Gasteiger partial charge in [-0.15, -0.1) is 13.2 Å². The van der Waals surface area contributed by atoms with E-state index in [1.54, 1.807) is 11.8 Å². The number of rotatable bonds is 13. The average Bonchev–Trinajstić information content (AvgIpc) is 3.20. The fourth-order valence-corrected chi connectivity index (χ4v) is 8.52. The normalized spacial score (nSPS) is 23.6. The number of benzene rings is 2. The molecule has 1 aliphatic heterocycles. The predicted molar refractivity (Wildman–Crippen MR) is 236 cm³/mol. The van der Waals surface area contributed by atoms with Crippen molar-refractivity contribution in [2.24, 2.45) is 11.3 Å². The van der Waals surface area contributed by atoms with Gasteiger partial charge in [-0.05, 0) is 128 Å². The molecule has 1 heterocycles. The van der Waals surface area contributed by atoms with Gasteiger partial charge in [-0.2, -0.15) is 0 Å². The van der Waals surface area contributed by atoms with E-state index in [1.165, 1.54) is 55.3 Å². The van der Waals surface area contributed by atoms with E-state index in [1.807, 2.05) is 6.08 Å². The highest BCUT2D eigenvalue weighted by molar-refractivity contribution is 8.06. The lowest BCUT2D eigenvalue weighted by Gasteiger charge is -2.34. The second-order valence-corrected chi connectivity index (χ2v) is 15.6. The summed E-state index contributed by atoms with van der Waals surface area (Å²) < 4.78 is 0. The van der Waals surface area contributed by atoms with E-state index in [2.05, 4.69) is 192 Å². The SMILES string of the molecule is C=CCC/C1=C/C2(C(\C=C/C(/C=C\Cc3ccccc3N(C)c3ccccc3)=C/C)=C(C)C)/C=C\C(CC=C)C3=CCCC(=C3)/C(=C/C=C\C(=C)S1)C2. The molecule has 2 atom stereocenters. The molecule has 2 aromatic rings. The summed E-state index contributed by atoms with van der Waals surface area (Å²) in [4.78, 5) is 4.66. The third-order valence-electron chi connectivity index (χ3n) is 10.3. The van der Waals surface area contributed by atoms with Crippen LogP contribution in [0.25, 0.3) is 0 Å². The second-order valence-electron chi connectivity index (χ2n) is 14.3. The highest BCUT2D eigenvalue weighted by Gasteiger charge is 2.34. The van der Waals surface area contributed by atoms with E-state index >= 15 is 0 Å². The molecule has 2 aromatic carbocycles. The van der Waals surface area contributed by atoms with Gasteiger partial charge in [-0.3, -0.25) is 0 Å². The van der Waals surface area contributed by atoms with Crippen LogP contribution < -0.4 is 4.90 Å². The Kier molecular flexibility index (Phi) is 14.4. The van der Waals surface area contributed by atoms with Gasteiger partial charge in [-0.1, -0.05) is 145 Å². The Labute approximate surface area is 325 Å². The first kappa shape index (κ1) is 39.4. The van der Waals surface area contributed by atoms with Crippen molar-refractivity contribution in [1.29, 1.82) is 0 Å². The number of fused-ring (bicyclic) bond motifs is 4. The van der Waals surface area contributed by atoms with Crippen molar-refractivity contribution in [1.82, 2.24) is 0 Å². The van der Waals surface area contributed by atoms with Crippen LogP contribution in [0.1, 0.15) is 64.9 Å². The number of allylic oxidation sites excluding steroid dienone is 22. The van der Waals surface area contributed by atoms with Gasteiger partial charge in [-0.25, -0.2) is 0 Å². The Morgan fingerprint density at radius 2 is 1.77 bits per heavy atom. The Bertz CT molecular complexity index is 1960. The molecule has 53 heavy (non-hydrogen) atoms. The fraction of sp³-hybridized carbons (Fsp3) is 0.255. The average molecular weight is 716 g/mol. The van der Waals surface area contributed by atoms with Crippen molar-refractivity contribution in [2.75, 3.05) is 11.9 Å². The zero-order valence-corrected chi connectivity index (χ0v) is 33.2. The quantitative estimate of drug-likeness (QED) is 0.150. The lowest BCUT2D eigenvalue weighted by atomic mass is 9.70. The standard InChI is InChI=1S/C51H57NS/c1-8-11-30-48-38-51(35-34-42(20-9-2)44-25-19-26-45(36-44)46(37-51)27-17-21-40(6)53-48)49(39(4)5)33-32-41(10-3)22-18-24-43-23-15-16-31-50(43)52(7)47-28-13-12-14-29-47/h8-10,12-18,21-23,25,27-29,31-36,38,42H,1-2,6,11,19-20,24,26,30,37H2,3-5,7H3/b21-17-,22-18-,33-32-,35-34-,41-10+,46-27+,48-38-. The van der Waals surface area contributed by atoms with E-state index in [0.717, 1.165) is 49.9 Å². The number of hydrogen-bond acceptors (Lipinski definition) is 2. The van der Waals surface area contributed by atoms with Crippen LogP contribution in [-0.4, -0.2) is 7.05 Å². The largest absolute Gasteiger partial charge is 0.344 e. The van der Waals surface area contributed by atoms with Gasteiger partial charge in [0.1, 0.15) is 0 Å². The summed E-state index contributed by atoms with van der Waals surface area (Å²) in [7, 11) is 2.14. The van der Waals surface area contributed by atoms with Gasteiger partial charge in [0.05, 0.1) is 0 Å². The van der Waals surface area contributed by atoms with E-state index in [9.17, 15) is 0 Å². The summed E-state index contributed by atoms with van der Waals surface area (Å²) in [6.45, 7) is 19.3. The summed E-state index contributed by atoms with van der Waals surface area (Å²) in [6, 6.07) is 19.3. The Morgan fingerprint density at radius 3 is 2.53 bits per heavy atom. The molecule has 2 heteroatoms. The first-order valence-electron chi connectivity index (χ1n) is 19.1. The van der Waals surface area contributed by atoms with Gasteiger partial charge >= 0.3 is 0 Å². The highest BCUT2D eigenvalue weighted by Crippen LogP contribution is 2.48. The molecule has 2 aliphatic carbocycles. The smallest absolute Gasteiger partial charge is 0.0443 e. The van der Waals surface area contributed by atoms with Crippen molar-refractivity contribution < 1.29 is 0 Å². The molecule has 0 amide bonds. The maximum absolute atomic E-state index is 4.44. The maximum atomic E-state index is 4.44. The van der Waals surface area contributed by atoms with Crippen LogP contribution in [0.5, 0.6) is 0 Å². The zero-order chi connectivity index (χ0) is 37.6. The molecule has 0 saturated heterocycles. The number of hydrogen-bond donors (Lipinski definition) is 0. The highest BCUT2D eigenvalue weighted by atomic mass is 32.2. The monoisotopic (exact) mass is 715 g/mol. The van der Waals surface area contributed by atoms with Crippen LogP contribution in [-0.2, 0) is 6.42 Å². The molecule has 0 saturated carbocycles. The first-order valence-corrected chi connectivity index (χ1v) is 19.9. The number of para-hydroxylation sites is 2. The second kappa shape index (κ2) is 19.3. The molecular formula is C51H57NS. The van der Waals surface area contributed by atoms with E-state index in [4.69, 9.17) is 0 Å². The third kappa shape index (κ3) is 10.4. The topological polar surface area (TPSA) is 3.24 Å². The third-order valence-corrected chi connectivity index (χ3v) is 11.3. The van der Waals surface area contributed by atoms with Crippen LogP contribution >= 0.6 is 11.8 Å². The molecule has 0 spiro atoms. The van der Waals surface area contributed by atoms with Crippen LogP contribution in [0, 0.1) is 11.3 Å². The molecule has 4 bridgehead atoms. The minimum absolute atomic E-state index is 0.287. The fourth-order valence-electron chi connectivity index (χ4n) is 7.54. The van der Waals surface area contributed by atoms with Crippen LogP contribution in [0.3, 0.4) is 0 Å². The van der Waals surface area contributed by atoms with E-state index < -0.39 is 0 Å². The van der Waals surface area contributed by atoms with Crippen LogP contribution in [0.4, 0.5) is 11.4 Å². The zero-order valence-electron chi connectivity index (χ0n) is 32.4. The minimum atomic E-state index is -0.363. The molecule has 1 nitrogen and oxygen atoms in total. The van der Waals surface area contributed by atoms with Crippen LogP contribution in [0.2, 0.25) is 0 Å². The molecule has 5 rings (SSSR count). The lowest BCUT2D eigenvalue weighted by Crippen LogP contribution is -2.21. The molecule has 272 valence electrons. The summed E-state index contributed by atoms with van der Waals surface area (Å²) in [6.07, 6.45) is 41.4. The lowest BCUT2D eigenvalue weighted by molar-refractivity contribution is 0.579. The Morgan fingerprint density at radius 1 is 0.981 bits per heavy atom. The number of anilines is 2. The summed E-state index contributed by atoms with van der Waals surface area (Å²) in [5.74, 6) is 0.287. The summed E-state index contributed by atoms with van der Waals surface area (Å²) >= 11 is 1.80. The van der Waals surface area contributed by atoms with Crippen molar-refractivity contribution >= 4 is 23.1 Å². The van der Waals surface area contributed by atoms with E-state index in [-0.39, 0.29) is 11.3 Å². The van der Waals surface area contributed by atoms with Gasteiger partial charge in [0, 0.05) is 34.7 Å². The van der Waals surface area contributed by atoms with Crippen LogP contribution in [0.15, 0.2) is 209 Å². The van der Waals surface area contributed by atoms with Crippen molar-refractivity contribution in [3.63, 3.8) is 0 Å². The molecule has 2 unspecified atom stereocenters. The molecular weight excluding hydrogens is 659 g/mol. The Balaban J connectivity index is 1.55. The first-order chi connectivity index (χ1) is 25.8. The maximum Gasteiger partial charge on any atom is 0.0443 e. The molecule has 0 fully saturated rings. The number of thioether (sulfide) groups is 1. The summed E-state index contributed by atoms with van der Waals surface area (Å²) in [5, 5.41) is 0. The molecule has 0 N–H and O–H groups in total. The predicted octanol–water partition coefficient (Wildman–Crippen LogP) is 14.8. The van der Waals surface area contributed by atoms with Gasteiger partial charge < -0.3 is 4.90 Å². The Hall–Kier alpha value is -4.79. The van der Waals surface area contributed by atoms with Crippen molar-refractivity contribution in [3.05, 3.63) is 214 Å². The van der Waals surface area contributed by atoms with Gasteiger partial charge in [0.15, 0.2) is 0 Å². The van der Waals surface area contributed by atoms with E-state index in [0.29, 0.717) is 0 Å². The number of nitrogens with zero attached hydrogens (tertiary/aromatic N) is 1.